The SMILES string of the molecule is CC(=O)N[C@H](C(=O)N[C@@H](CCCNC(N)=O)C(=O)Nc1ccc(COC(=O)N2CCC(S)CC2)cc1)C(C)C. The number of amides is 6. The van der Waals surface area contributed by atoms with Gasteiger partial charge in [0.15, 0.2) is 0 Å². The lowest BCUT2D eigenvalue weighted by molar-refractivity contribution is -0.131. The molecule has 0 aromatic heterocycles. The smallest absolute Gasteiger partial charge is 0.410 e. The molecular weight excluding hydrogens is 524 g/mol. The van der Waals surface area contributed by atoms with Crippen LogP contribution >= 0.6 is 12.6 Å². The molecule has 2 rings (SSSR count). The van der Waals surface area contributed by atoms with Crippen LogP contribution in [0.25, 0.3) is 0 Å². The molecule has 0 unspecified atom stereocenters. The zero-order valence-corrected chi connectivity index (χ0v) is 23.6. The van der Waals surface area contributed by atoms with Crippen LogP contribution in [0.1, 0.15) is 52.0 Å². The third-order valence-corrected chi connectivity index (χ3v) is 6.73. The van der Waals surface area contributed by atoms with E-state index in [4.69, 9.17) is 10.5 Å². The molecule has 13 heteroatoms. The first-order valence-electron chi connectivity index (χ1n) is 13.1. The summed E-state index contributed by atoms with van der Waals surface area (Å²) in [5.74, 6) is -1.51. The molecule has 1 heterocycles. The van der Waals surface area contributed by atoms with Gasteiger partial charge in [0.25, 0.3) is 0 Å². The zero-order chi connectivity index (χ0) is 28.9. The highest BCUT2D eigenvalue weighted by Crippen LogP contribution is 2.17. The van der Waals surface area contributed by atoms with Gasteiger partial charge in [0.05, 0.1) is 0 Å². The van der Waals surface area contributed by atoms with Crippen molar-refractivity contribution in [2.45, 2.75) is 70.4 Å². The summed E-state index contributed by atoms with van der Waals surface area (Å²) in [4.78, 5) is 62.4. The van der Waals surface area contributed by atoms with E-state index in [0.717, 1.165) is 18.4 Å². The summed E-state index contributed by atoms with van der Waals surface area (Å²) in [6.07, 6.45) is 1.91. The van der Waals surface area contributed by atoms with Crippen LogP contribution in [-0.4, -0.2) is 71.7 Å². The Morgan fingerprint density at radius 3 is 2.26 bits per heavy atom. The van der Waals surface area contributed by atoms with Gasteiger partial charge in [0, 0.05) is 37.5 Å². The number of urea groups is 1. The molecule has 0 aliphatic carbocycles. The van der Waals surface area contributed by atoms with Gasteiger partial charge in [-0.3, -0.25) is 14.4 Å². The predicted octanol–water partition coefficient (Wildman–Crippen LogP) is 1.75. The fourth-order valence-corrected chi connectivity index (χ4v) is 4.23. The number of carbonyl (C=O) groups excluding carboxylic acids is 5. The van der Waals surface area contributed by atoms with Gasteiger partial charge >= 0.3 is 12.1 Å². The van der Waals surface area contributed by atoms with E-state index in [2.05, 4.69) is 33.9 Å². The molecule has 1 aromatic carbocycles. The molecule has 1 fully saturated rings. The van der Waals surface area contributed by atoms with E-state index >= 15 is 0 Å². The number of hydrogen-bond acceptors (Lipinski definition) is 7. The standard InChI is InChI=1S/C26H40N6O6S/c1-16(2)22(29-17(3)33)24(35)31-21(5-4-12-28-25(27)36)23(34)30-19-8-6-18(7-9-19)15-38-26(37)32-13-10-20(39)11-14-32/h6-9,16,20-22,39H,4-5,10-15H2,1-3H3,(H,29,33)(H,30,34)(H,31,35)(H3,27,28,36)/t21-,22-/m0/s1. The highest BCUT2D eigenvalue weighted by molar-refractivity contribution is 7.80. The maximum absolute atomic E-state index is 13.1. The number of benzene rings is 1. The first kappa shape index (κ1) is 31.7. The summed E-state index contributed by atoms with van der Waals surface area (Å²) >= 11 is 4.43. The summed E-state index contributed by atoms with van der Waals surface area (Å²) in [7, 11) is 0. The Hall–Kier alpha value is -3.48. The Balaban J connectivity index is 1.97. The lowest BCUT2D eigenvalue weighted by Gasteiger charge is -2.29. The van der Waals surface area contributed by atoms with E-state index < -0.39 is 29.9 Å². The van der Waals surface area contributed by atoms with Crippen LogP contribution in [0, 0.1) is 5.92 Å². The number of nitrogens with one attached hydrogen (secondary N) is 4. The Labute approximate surface area is 234 Å². The Kier molecular flexibility index (Phi) is 12.9. The number of ether oxygens (including phenoxy) is 1. The number of thiol groups is 1. The maximum Gasteiger partial charge on any atom is 0.410 e. The van der Waals surface area contributed by atoms with E-state index in [9.17, 15) is 24.0 Å². The average molecular weight is 565 g/mol. The number of anilines is 1. The third-order valence-electron chi connectivity index (χ3n) is 6.22. The number of piperidine rings is 1. The molecule has 0 bridgehead atoms. The van der Waals surface area contributed by atoms with Gasteiger partial charge in [-0.1, -0.05) is 26.0 Å². The molecular formula is C26H40N6O6S. The van der Waals surface area contributed by atoms with Crippen LogP contribution < -0.4 is 27.0 Å². The lowest BCUT2D eigenvalue weighted by Crippen LogP contribution is -2.54. The molecule has 6 N–H and O–H groups in total. The monoisotopic (exact) mass is 564 g/mol. The lowest BCUT2D eigenvalue weighted by atomic mass is 10.0. The summed E-state index contributed by atoms with van der Waals surface area (Å²) < 4.78 is 5.40. The maximum atomic E-state index is 13.1. The number of primary amides is 1. The van der Waals surface area contributed by atoms with Crippen LogP contribution in [0.5, 0.6) is 0 Å². The number of likely N-dealkylation sites (tertiary alicyclic amines) is 1. The fourth-order valence-electron chi connectivity index (χ4n) is 4.00. The molecule has 39 heavy (non-hydrogen) atoms. The predicted molar refractivity (Wildman–Crippen MR) is 150 cm³/mol. The second kappa shape index (κ2) is 15.8. The first-order valence-corrected chi connectivity index (χ1v) is 13.6. The topological polar surface area (TPSA) is 172 Å². The zero-order valence-electron chi connectivity index (χ0n) is 22.7. The average Bonchev–Trinajstić information content (AvgIpc) is 2.88. The minimum absolute atomic E-state index is 0.0964. The van der Waals surface area contributed by atoms with Crippen LogP contribution in [0.15, 0.2) is 24.3 Å². The number of carbonyl (C=O) groups is 5. The van der Waals surface area contributed by atoms with E-state index in [1.165, 1.54) is 6.92 Å². The molecule has 1 aliphatic heterocycles. The summed E-state index contributed by atoms with van der Waals surface area (Å²) in [5.41, 5.74) is 6.33. The van der Waals surface area contributed by atoms with Gasteiger partial charge in [-0.05, 0) is 49.3 Å². The van der Waals surface area contributed by atoms with Crippen molar-refractivity contribution >= 4 is 48.2 Å². The first-order chi connectivity index (χ1) is 18.5. The van der Waals surface area contributed by atoms with Gasteiger partial charge < -0.3 is 36.6 Å². The van der Waals surface area contributed by atoms with Gasteiger partial charge in [0.1, 0.15) is 18.7 Å². The minimum atomic E-state index is -0.927. The molecule has 6 amide bonds. The second-order valence-electron chi connectivity index (χ2n) is 9.88. The molecule has 0 radical (unpaired) electrons. The van der Waals surface area contributed by atoms with Gasteiger partial charge in [-0.2, -0.15) is 12.6 Å². The van der Waals surface area contributed by atoms with Crippen molar-refractivity contribution in [2.24, 2.45) is 11.7 Å². The van der Waals surface area contributed by atoms with Crippen molar-refractivity contribution < 1.29 is 28.7 Å². The number of nitrogens with two attached hydrogens (primary N) is 1. The normalized spacial score (nSPS) is 15.2. The molecule has 12 nitrogen and oxygen atoms in total. The minimum Gasteiger partial charge on any atom is -0.445 e. The second-order valence-corrected chi connectivity index (χ2v) is 10.6. The number of nitrogens with zero attached hydrogens (tertiary/aromatic N) is 1. The molecule has 2 atom stereocenters. The van der Waals surface area contributed by atoms with E-state index in [-0.39, 0.29) is 37.5 Å². The quantitative estimate of drug-likeness (QED) is 0.167. The molecule has 0 saturated carbocycles. The van der Waals surface area contributed by atoms with Crippen LogP contribution in [0.4, 0.5) is 15.3 Å². The van der Waals surface area contributed by atoms with Crippen molar-refractivity contribution in [3.05, 3.63) is 29.8 Å². The Morgan fingerprint density at radius 1 is 1.05 bits per heavy atom. The van der Waals surface area contributed by atoms with Crippen molar-refractivity contribution in [3.8, 4) is 0 Å². The molecule has 1 aliphatic rings. The van der Waals surface area contributed by atoms with Crippen LogP contribution in [0.2, 0.25) is 0 Å². The fraction of sp³-hybridized carbons (Fsp3) is 0.577. The van der Waals surface area contributed by atoms with Crippen LogP contribution in [-0.2, 0) is 25.7 Å². The van der Waals surface area contributed by atoms with E-state index in [0.29, 0.717) is 30.4 Å². The highest BCUT2D eigenvalue weighted by Gasteiger charge is 2.28. The summed E-state index contributed by atoms with van der Waals surface area (Å²) in [5, 5.41) is 10.9. The third kappa shape index (κ3) is 11.4. The van der Waals surface area contributed by atoms with Crippen LogP contribution in [0.3, 0.4) is 0 Å². The largest absolute Gasteiger partial charge is 0.445 e. The van der Waals surface area contributed by atoms with Gasteiger partial charge in [0.2, 0.25) is 17.7 Å². The highest BCUT2D eigenvalue weighted by atomic mass is 32.1. The van der Waals surface area contributed by atoms with Gasteiger partial charge in [-0.25, -0.2) is 9.59 Å². The van der Waals surface area contributed by atoms with E-state index in [1.54, 1.807) is 43.0 Å². The molecule has 1 aromatic rings. The number of rotatable bonds is 12. The Morgan fingerprint density at radius 2 is 1.69 bits per heavy atom. The molecule has 216 valence electrons. The van der Waals surface area contributed by atoms with E-state index in [1.807, 2.05) is 0 Å². The van der Waals surface area contributed by atoms with Gasteiger partial charge in [-0.15, -0.1) is 0 Å². The summed E-state index contributed by atoms with van der Waals surface area (Å²) in [6, 6.07) is 4.40. The van der Waals surface area contributed by atoms with Crippen molar-refractivity contribution in [1.82, 2.24) is 20.9 Å². The van der Waals surface area contributed by atoms with Crippen molar-refractivity contribution in [1.29, 1.82) is 0 Å². The summed E-state index contributed by atoms with van der Waals surface area (Å²) in [6.45, 7) is 6.46. The number of hydrogen-bond donors (Lipinski definition) is 6. The van der Waals surface area contributed by atoms with Crippen molar-refractivity contribution in [3.63, 3.8) is 0 Å². The van der Waals surface area contributed by atoms with Crippen molar-refractivity contribution in [2.75, 3.05) is 25.0 Å². The molecule has 0 spiro atoms. The molecule has 1 saturated heterocycles. The Bertz CT molecular complexity index is 997.